The first kappa shape index (κ1) is 13.9. The SMILES string of the molecule is CC[C@@H](C(=O)N1CC(n2nc(C)cc2C)C1)n1cccn1. The molecule has 2 aromatic heterocycles. The van der Waals surface area contributed by atoms with Crippen LogP contribution >= 0.6 is 0 Å². The van der Waals surface area contributed by atoms with Crippen LogP contribution in [0.5, 0.6) is 0 Å². The minimum Gasteiger partial charge on any atom is -0.336 e. The smallest absolute Gasteiger partial charge is 0.247 e. The number of amides is 1. The second-order valence-corrected chi connectivity index (χ2v) is 5.68. The zero-order valence-electron chi connectivity index (χ0n) is 12.7. The van der Waals surface area contributed by atoms with Crippen LogP contribution in [0, 0.1) is 13.8 Å². The van der Waals surface area contributed by atoms with Crippen molar-refractivity contribution in [2.45, 2.75) is 39.3 Å². The van der Waals surface area contributed by atoms with E-state index in [0.29, 0.717) is 6.04 Å². The first-order chi connectivity index (χ1) is 10.1. The van der Waals surface area contributed by atoms with Crippen molar-refractivity contribution in [3.8, 4) is 0 Å². The number of aromatic nitrogens is 4. The summed E-state index contributed by atoms with van der Waals surface area (Å²) in [6.07, 6.45) is 4.32. The summed E-state index contributed by atoms with van der Waals surface area (Å²) in [6, 6.07) is 4.03. The number of rotatable bonds is 4. The molecule has 0 saturated carbocycles. The Morgan fingerprint density at radius 1 is 1.43 bits per heavy atom. The fraction of sp³-hybridized carbons (Fsp3) is 0.533. The molecule has 0 aliphatic carbocycles. The predicted molar refractivity (Wildman–Crippen MR) is 78.9 cm³/mol. The highest BCUT2D eigenvalue weighted by molar-refractivity contribution is 5.81. The molecule has 1 fully saturated rings. The lowest BCUT2D eigenvalue weighted by Crippen LogP contribution is -2.53. The molecule has 1 amide bonds. The van der Waals surface area contributed by atoms with E-state index in [1.165, 1.54) is 0 Å². The number of carbonyl (C=O) groups is 1. The molecule has 3 heterocycles. The van der Waals surface area contributed by atoms with E-state index in [4.69, 9.17) is 0 Å². The molecule has 0 unspecified atom stereocenters. The maximum atomic E-state index is 12.6. The van der Waals surface area contributed by atoms with E-state index in [1.54, 1.807) is 10.9 Å². The average molecular weight is 287 g/mol. The molecule has 0 N–H and O–H groups in total. The molecule has 1 aliphatic heterocycles. The first-order valence-electron chi connectivity index (χ1n) is 7.40. The topological polar surface area (TPSA) is 56.0 Å². The summed E-state index contributed by atoms with van der Waals surface area (Å²) in [4.78, 5) is 14.5. The third-order valence-corrected chi connectivity index (χ3v) is 4.08. The van der Waals surface area contributed by atoms with Gasteiger partial charge in [-0.1, -0.05) is 6.92 Å². The lowest BCUT2D eigenvalue weighted by atomic mass is 10.1. The number of nitrogens with zero attached hydrogens (tertiary/aromatic N) is 5. The number of carbonyl (C=O) groups excluding carboxylic acids is 1. The minimum absolute atomic E-state index is 0.152. The van der Waals surface area contributed by atoms with Gasteiger partial charge in [-0.2, -0.15) is 10.2 Å². The fourth-order valence-electron chi connectivity index (χ4n) is 2.96. The molecule has 6 nitrogen and oxygen atoms in total. The second-order valence-electron chi connectivity index (χ2n) is 5.68. The van der Waals surface area contributed by atoms with Gasteiger partial charge in [0.1, 0.15) is 6.04 Å². The highest BCUT2D eigenvalue weighted by Gasteiger charge is 2.36. The predicted octanol–water partition coefficient (Wildman–Crippen LogP) is 1.73. The molecule has 1 saturated heterocycles. The van der Waals surface area contributed by atoms with Gasteiger partial charge in [0.15, 0.2) is 0 Å². The Kier molecular flexibility index (Phi) is 3.53. The van der Waals surface area contributed by atoms with Crippen molar-refractivity contribution in [3.05, 3.63) is 35.9 Å². The molecule has 6 heteroatoms. The summed E-state index contributed by atoms with van der Waals surface area (Å²) in [5.41, 5.74) is 2.18. The third-order valence-electron chi connectivity index (χ3n) is 4.08. The molecule has 21 heavy (non-hydrogen) atoms. The summed E-state index contributed by atoms with van der Waals surface area (Å²) in [7, 11) is 0. The third kappa shape index (κ3) is 2.46. The molecule has 0 spiro atoms. The molecule has 0 aromatic carbocycles. The molecule has 0 radical (unpaired) electrons. The van der Waals surface area contributed by atoms with Gasteiger partial charge in [-0.3, -0.25) is 14.2 Å². The maximum Gasteiger partial charge on any atom is 0.247 e. The quantitative estimate of drug-likeness (QED) is 0.860. The zero-order chi connectivity index (χ0) is 15.0. The van der Waals surface area contributed by atoms with Gasteiger partial charge in [-0.25, -0.2) is 0 Å². The molecular weight excluding hydrogens is 266 g/mol. The number of likely N-dealkylation sites (tertiary alicyclic amines) is 1. The van der Waals surface area contributed by atoms with Gasteiger partial charge >= 0.3 is 0 Å². The molecule has 1 atom stereocenters. The minimum atomic E-state index is -0.193. The fourth-order valence-corrected chi connectivity index (χ4v) is 2.96. The molecule has 1 aliphatic rings. The standard InChI is InChI=1S/C15H21N5O/c1-4-14(19-7-5-6-16-19)15(21)18-9-13(10-18)20-12(3)8-11(2)17-20/h5-8,13-14H,4,9-10H2,1-3H3/t14-/m0/s1. The largest absolute Gasteiger partial charge is 0.336 e. The van der Waals surface area contributed by atoms with Crippen molar-refractivity contribution in [2.75, 3.05) is 13.1 Å². The van der Waals surface area contributed by atoms with Crippen LogP contribution in [0.4, 0.5) is 0 Å². The van der Waals surface area contributed by atoms with Crippen molar-refractivity contribution >= 4 is 5.91 Å². The van der Waals surface area contributed by atoms with Crippen LogP contribution in [0.3, 0.4) is 0 Å². The monoisotopic (exact) mass is 287 g/mol. The van der Waals surface area contributed by atoms with Gasteiger partial charge in [-0.05, 0) is 32.4 Å². The van der Waals surface area contributed by atoms with E-state index in [2.05, 4.69) is 23.2 Å². The van der Waals surface area contributed by atoms with E-state index < -0.39 is 0 Å². The Balaban J connectivity index is 1.65. The van der Waals surface area contributed by atoms with Crippen molar-refractivity contribution in [2.24, 2.45) is 0 Å². The number of aryl methyl sites for hydroxylation is 2. The van der Waals surface area contributed by atoms with E-state index in [9.17, 15) is 4.79 Å². The van der Waals surface area contributed by atoms with E-state index in [0.717, 1.165) is 30.9 Å². The van der Waals surface area contributed by atoms with E-state index >= 15 is 0 Å². The highest BCUT2D eigenvalue weighted by Crippen LogP contribution is 2.26. The Hall–Kier alpha value is -2.11. The van der Waals surface area contributed by atoms with Crippen LogP contribution in [-0.4, -0.2) is 43.5 Å². The molecular formula is C15H21N5O. The van der Waals surface area contributed by atoms with Crippen LogP contribution in [0.1, 0.15) is 36.8 Å². The summed E-state index contributed by atoms with van der Waals surface area (Å²) < 4.78 is 3.78. The lowest BCUT2D eigenvalue weighted by molar-refractivity contribution is -0.141. The van der Waals surface area contributed by atoms with Gasteiger partial charge in [0.25, 0.3) is 0 Å². The molecule has 0 bridgehead atoms. The normalized spacial score (nSPS) is 16.8. The van der Waals surface area contributed by atoms with Gasteiger partial charge in [0.05, 0.1) is 11.7 Å². The highest BCUT2D eigenvalue weighted by atomic mass is 16.2. The summed E-state index contributed by atoms with van der Waals surface area (Å²) in [5.74, 6) is 0.152. The van der Waals surface area contributed by atoms with Crippen molar-refractivity contribution in [1.29, 1.82) is 0 Å². The van der Waals surface area contributed by atoms with Crippen molar-refractivity contribution in [1.82, 2.24) is 24.5 Å². The number of hydrogen-bond acceptors (Lipinski definition) is 3. The summed E-state index contributed by atoms with van der Waals surface area (Å²) >= 11 is 0. The zero-order valence-corrected chi connectivity index (χ0v) is 12.7. The number of hydrogen-bond donors (Lipinski definition) is 0. The Morgan fingerprint density at radius 3 is 2.71 bits per heavy atom. The van der Waals surface area contributed by atoms with Gasteiger partial charge in [0, 0.05) is 31.2 Å². The van der Waals surface area contributed by atoms with Gasteiger partial charge in [-0.15, -0.1) is 0 Å². The molecule has 3 rings (SSSR count). The second kappa shape index (κ2) is 5.35. The molecule has 2 aromatic rings. The van der Waals surface area contributed by atoms with E-state index in [-0.39, 0.29) is 11.9 Å². The van der Waals surface area contributed by atoms with Crippen LogP contribution in [0.15, 0.2) is 24.5 Å². The Morgan fingerprint density at radius 2 is 2.19 bits per heavy atom. The lowest BCUT2D eigenvalue weighted by Gasteiger charge is -2.41. The van der Waals surface area contributed by atoms with Crippen molar-refractivity contribution < 1.29 is 4.79 Å². The summed E-state index contributed by atoms with van der Waals surface area (Å²) in [6.45, 7) is 7.54. The maximum absolute atomic E-state index is 12.6. The van der Waals surface area contributed by atoms with Gasteiger partial charge < -0.3 is 4.90 Å². The van der Waals surface area contributed by atoms with Crippen LogP contribution in [0.2, 0.25) is 0 Å². The summed E-state index contributed by atoms with van der Waals surface area (Å²) in [5, 5.41) is 8.70. The van der Waals surface area contributed by atoms with Crippen molar-refractivity contribution in [3.63, 3.8) is 0 Å². The first-order valence-corrected chi connectivity index (χ1v) is 7.40. The Bertz CT molecular complexity index is 625. The Labute approximate surface area is 124 Å². The van der Waals surface area contributed by atoms with Crippen LogP contribution < -0.4 is 0 Å². The van der Waals surface area contributed by atoms with Crippen LogP contribution in [0.25, 0.3) is 0 Å². The van der Waals surface area contributed by atoms with Crippen LogP contribution in [-0.2, 0) is 4.79 Å². The van der Waals surface area contributed by atoms with Gasteiger partial charge in [0.2, 0.25) is 5.91 Å². The molecule has 112 valence electrons. The average Bonchev–Trinajstić information content (AvgIpc) is 3.00. The van der Waals surface area contributed by atoms with E-state index in [1.807, 2.05) is 35.7 Å².